The molecule has 0 saturated carbocycles. The van der Waals surface area contributed by atoms with Crippen LogP contribution in [0.15, 0.2) is 29.0 Å². The number of methoxy groups -OCH3 is 1. The molecule has 0 saturated heterocycles. The van der Waals surface area contributed by atoms with E-state index in [4.69, 9.17) is 9.26 Å². The molecule has 0 radical (unpaired) electrons. The number of thiophene rings is 1. The minimum atomic E-state index is -0.192. The summed E-state index contributed by atoms with van der Waals surface area (Å²) in [5, 5.41) is 10.5. The van der Waals surface area contributed by atoms with Crippen LogP contribution in [0.2, 0.25) is 0 Å². The Morgan fingerprint density at radius 3 is 2.97 bits per heavy atom. The van der Waals surface area contributed by atoms with Gasteiger partial charge in [0.05, 0.1) is 5.56 Å². The van der Waals surface area contributed by atoms with Gasteiger partial charge in [-0.3, -0.25) is 14.6 Å². The third kappa shape index (κ3) is 5.82. The second-order valence-electron chi connectivity index (χ2n) is 7.82. The summed E-state index contributed by atoms with van der Waals surface area (Å²) in [6.07, 6.45) is 8.51. The SMILES string of the molecule is COCCCNC(=O)c1c(NC(=O)CCc2nc(-c3cccnc3)no2)sc2c1CCCC2. The van der Waals surface area contributed by atoms with Crippen molar-refractivity contribution in [3.05, 3.63) is 46.4 Å². The van der Waals surface area contributed by atoms with E-state index in [0.717, 1.165) is 43.2 Å². The van der Waals surface area contributed by atoms with Crippen molar-refractivity contribution in [2.75, 3.05) is 25.6 Å². The van der Waals surface area contributed by atoms with Crippen LogP contribution in [-0.2, 0) is 28.8 Å². The molecule has 0 aromatic carbocycles. The van der Waals surface area contributed by atoms with Gasteiger partial charge in [0.25, 0.3) is 5.91 Å². The molecular weight excluding hydrogens is 442 g/mol. The highest BCUT2D eigenvalue weighted by atomic mass is 32.1. The molecule has 0 unspecified atom stereocenters. The molecule has 10 heteroatoms. The number of hydrogen-bond acceptors (Lipinski definition) is 8. The van der Waals surface area contributed by atoms with E-state index < -0.39 is 0 Å². The molecule has 3 heterocycles. The summed E-state index contributed by atoms with van der Waals surface area (Å²) >= 11 is 1.51. The van der Waals surface area contributed by atoms with E-state index in [-0.39, 0.29) is 18.2 Å². The van der Waals surface area contributed by atoms with Gasteiger partial charge in [-0.05, 0) is 49.8 Å². The highest BCUT2D eigenvalue weighted by molar-refractivity contribution is 7.17. The number of nitrogens with zero attached hydrogens (tertiary/aromatic N) is 3. The molecule has 0 fully saturated rings. The zero-order chi connectivity index (χ0) is 23.0. The topological polar surface area (TPSA) is 119 Å². The van der Waals surface area contributed by atoms with Crippen LogP contribution in [-0.4, -0.2) is 47.2 Å². The molecular formula is C23H27N5O4S. The van der Waals surface area contributed by atoms with Crippen LogP contribution in [0.3, 0.4) is 0 Å². The van der Waals surface area contributed by atoms with Gasteiger partial charge < -0.3 is 19.9 Å². The average Bonchev–Trinajstić information content (AvgIpc) is 3.45. The molecule has 174 valence electrons. The summed E-state index contributed by atoms with van der Waals surface area (Å²) in [6, 6.07) is 3.64. The van der Waals surface area contributed by atoms with Gasteiger partial charge >= 0.3 is 0 Å². The number of rotatable bonds is 10. The highest BCUT2D eigenvalue weighted by Crippen LogP contribution is 2.38. The standard InChI is InChI=1S/C23H27N5O4S/c1-31-13-5-12-25-22(30)20-16-7-2-3-8-17(16)33-23(20)26-18(29)9-10-19-27-21(28-32-19)15-6-4-11-24-14-15/h4,6,11,14H,2-3,5,7-10,12-13H2,1H3,(H,25,30)(H,26,29). The maximum Gasteiger partial charge on any atom is 0.254 e. The Bertz CT molecular complexity index is 1100. The Morgan fingerprint density at radius 1 is 1.27 bits per heavy atom. The average molecular weight is 470 g/mol. The third-order valence-corrected chi connectivity index (χ3v) is 6.62. The van der Waals surface area contributed by atoms with Crippen LogP contribution < -0.4 is 10.6 Å². The number of carbonyl (C=O) groups excluding carboxylic acids is 2. The predicted octanol–water partition coefficient (Wildman–Crippen LogP) is 3.41. The zero-order valence-electron chi connectivity index (χ0n) is 18.6. The van der Waals surface area contributed by atoms with Crippen molar-refractivity contribution in [1.29, 1.82) is 0 Å². The first-order valence-corrected chi connectivity index (χ1v) is 11.9. The zero-order valence-corrected chi connectivity index (χ0v) is 19.4. The number of fused-ring (bicyclic) bond motifs is 1. The lowest BCUT2D eigenvalue weighted by Crippen LogP contribution is -2.27. The van der Waals surface area contributed by atoms with Gasteiger partial charge in [0.15, 0.2) is 0 Å². The first-order valence-electron chi connectivity index (χ1n) is 11.1. The number of aryl methyl sites for hydroxylation is 2. The number of pyridine rings is 1. The molecule has 9 nitrogen and oxygen atoms in total. The lowest BCUT2D eigenvalue weighted by atomic mass is 9.95. The van der Waals surface area contributed by atoms with Crippen molar-refractivity contribution in [3.8, 4) is 11.4 Å². The minimum absolute atomic E-state index is 0.140. The van der Waals surface area contributed by atoms with E-state index in [1.165, 1.54) is 16.2 Å². The van der Waals surface area contributed by atoms with Crippen LogP contribution in [0.1, 0.15) is 52.4 Å². The van der Waals surface area contributed by atoms with Gasteiger partial charge in [0.1, 0.15) is 5.00 Å². The van der Waals surface area contributed by atoms with E-state index in [2.05, 4.69) is 25.8 Å². The molecule has 0 atom stereocenters. The quantitative estimate of drug-likeness (QED) is 0.437. The Labute approximate surface area is 196 Å². The molecule has 0 spiro atoms. The van der Waals surface area contributed by atoms with Crippen LogP contribution in [0, 0.1) is 0 Å². The monoisotopic (exact) mass is 469 g/mol. The van der Waals surface area contributed by atoms with E-state index in [1.807, 2.05) is 6.07 Å². The Morgan fingerprint density at radius 2 is 2.15 bits per heavy atom. The number of ether oxygens (including phenoxy) is 1. The number of anilines is 1. The van der Waals surface area contributed by atoms with E-state index in [9.17, 15) is 9.59 Å². The van der Waals surface area contributed by atoms with E-state index in [0.29, 0.717) is 41.9 Å². The minimum Gasteiger partial charge on any atom is -0.385 e. The van der Waals surface area contributed by atoms with Gasteiger partial charge in [0.2, 0.25) is 17.6 Å². The molecule has 0 aliphatic heterocycles. The Hall–Kier alpha value is -3.11. The van der Waals surface area contributed by atoms with Gasteiger partial charge in [-0.2, -0.15) is 4.98 Å². The molecule has 3 aromatic heterocycles. The fraction of sp³-hybridized carbons (Fsp3) is 0.435. The van der Waals surface area contributed by atoms with Crippen LogP contribution in [0.5, 0.6) is 0 Å². The Kier molecular flexibility index (Phi) is 7.79. The molecule has 33 heavy (non-hydrogen) atoms. The van der Waals surface area contributed by atoms with Crippen molar-refractivity contribution in [2.24, 2.45) is 0 Å². The molecule has 2 N–H and O–H groups in total. The van der Waals surface area contributed by atoms with Crippen LogP contribution in [0.4, 0.5) is 5.00 Å². The predicted molar refractivity (Wildman–Crippen MR) is 124 cm³/mol. The second-order valence-corrected chi connectivity index (χ2v) is 8.92. The van der Waals surface area contributed by atoms with Crippen molar-refractivity contribution < 1.29 is 18.8 Å². The smallest absolute Gasteiger partial charge is 0.254 e. The summed E-state index contributed by atoms with van der Waals surface area (Å²) in [6.45, 7) is 1.12. The van der Waals surface area contributed by atoms with Gasteiger partial charge in [-0.15, -0.1) is 11.3 Å². The fourth-order valence-corrected chi connectivity index (χ4v) is 5.08. The number of hydrogen-bond donors (Lipinski definition) is 2. The normalized spacial score (nSPS) is 12.9. The third-order valence-electron chi connectivity index (χ3n) is 5.42. The first kappa shape index (κ1) is 23.1. The summed E-state index contributed by atoms with van der Waals surface area (Å²) in [5.74, 6) is 0.490. The Balaban J connectivity index is 1.39. The first-order chi connectivity index (χ1) is 16.2. The van der Waals surface area contributed by atoms with Crippen molar-refractivity contribution in [1.82, 2.24) is 20.4 Å². The number of nitrogens with one attached hydrogen (secondary N) is 2. The molecule has 2 amide bonds. The molecule has 4 rings (SSSR count). The molecule has 3 aromatic rings. The molecule has 1 aliphatic rings. The van der Waals surface area contributed by atoms with Crippen molar-refractivity contribution >= 4 is 28.2 Å². The van der Waals surface area contributed by atoms with Crippen LogP contribution in [0.25, 0.3) is 11.4 Å². The summed E-state index contributed by atoms with van der Waals surface area (Å²) in [4.78, 5) is 35.2. The van der Waals surface area contributed by atoms with Crippen molar-refractivity contribution in [3.63, 3.8) is 0 Å². The highest BCUT2D eigenvalue weighted by Gasteiger charge is 2.26. The fourth-order valence-electron chi connectivity index (χ4n) is 3.78. The maximum atomic E-state index is 12.9. The largest absolute Gasteiger partial charge is 0.385 e. The lowest BCUT2D eigenvalue weighted by Gasteiger charge is -2.13. The summed E-state index contributed by atoms with van der Waals surface area (Å²) in [7, 11) is 1.64. The van der Waals surface area contributed by atoms with Crippen molar-refractivity contribution in [2.45, 2.75) is 44.9 Å². The summed E-state index contributed by atoms with van der Waals surface area (Å²) in [5.41, 5.74) is 2.43. The van der Waals surface area contributed by atoms with Gasteiger partial charge in [-0.25, -0.2) is 0 Å². The molecule has 1 aliphatic carbocycles. The lowest BCUT2D eigenvalue weighted by molar-refractivity contribution is -0.116. The number of aromatic nitrogens is 3. The van der Waals surface area contributed by atoms with E-state index >= 15 is 0 Å². The maximum absolute atomic E-state index is 12.9. The number of carbonyl (C=O) groups is 2. The number of amides is 2. The van der Waals surface area contributed by atoms with E-state index in [1.54, 1.807) is 25.6 Å². The van der Waals surface area contributed by atoms with Gasteiger partial charge in [0, 0.05) is 55.9 Å². The van der Waals surface area contributed by atoms with Gasteiger partial charge in [-0.1, -0.05) is 5.16 Å². The molecule has 0 bridgehead atoms. The van der Waals surface area contributed by atoms with Crippen LogP contribution >= 0.6 is 11.3 Å². The second kappa shape index (κ2) is 11.2. The summed E-state index contributed by atoms with van der Waals surface area (Å²) < 4.78 is 10.3.